The molecule has 2 N–H and O–H groups in total. The normalized spacial score (nSPS) is 14.5. The number of hydrogen-bond donors (Lipinski definition) is 2. The number of carbonyl (C=O) groups is 1. The van der Waals surface area contributed by atoms with Crippen LogP contribution in [0.25, 0.3) is 11.1 Å². The van der Waals surface area contributed by atoms with Crippen LogP contribution in [-0.2, 0) is 16.6 Å². The molecule has 3 aromatic rings. The summed E-state index contributed by atoms with van der Waals surface area (Å²) in [6.45, 7) is 3.35. The Balaban J connectivity index is 1.37. The average molecular weight is 609 g/mol. The minimum atomic E-state index is -4.64. The quantitative estimate of drug-likeness (QED) is 0.354. The van der Waals surface area contributed by atoms with E-state index in [9.17, 15) is 31.5 Å². The van der Waals surface area contributed by atoms with Gasteiger partial charge in [0, 0.05) is 55.7 Å². The summed E-state index contributed by atoms with van der Waals surface area (Å²) in [7, 11) is -1.25. The number of nitrogens with zero attached hydrogens (tertiary/aromatic N) is 3. The van der Waals surface area contributed by atoms with E-state index in [4.69, 9.17) is 9.47 Å². The molecule has 0 spiro atoms. The SMILES string of the molecule is COc1cc(-c2cncc(O)c2)cc(OC)c1CN1CCN(c2ccc(C(=O)NS(=O)(=O)CCC(F)(F)F)cc2)CC1. The Morgan fingerprint density at radius 2 is 1.60 bits per heavy atom. The third-order valence-electron chi connectivity index (χ3n) is 6.82. The summed E-state index contributed by atoms with van der Waals surface area (Å²) in [6.07, 6.45) is -3.18. The van der Waals surface area contributed by atoms with Crippen molar-refractivity contribution in [3.8, 4) is 28.4 Å². The number of amides is 1. The number of pyridine rings is 1. The molecule has 0 aliphatic carbocycles. The van der Waals surface area contributed by atoms with Crippen molar-refractivity contribution in [1.29, 1.82) is 0 Å². The Hall–Kier alpha value is -4.04. The van der Waals surface area contributed by atoms with Crippen LogP contribution in [0.1, 0.15) is 22.3 Å². The summed E-state index contributed by atoms with van der Waals surface area (Å²) >= 11 is 0. The highest BCUT2D eigenvalue weighted by atomic mass is 32.2. The maximum absolute atomic E-state index is 12.3. The van der Waals surface area contributed by atoms with Crippen molar-refractivity contribution >= 4 is 21.6 Å². The maximum Gasteiger partial charge on any atom is 0.390 e. The van der Waals surface area contributed by atoms with E-state index in [0.717, 1.165) is 22.4 Å². The van der Waals surface area contributed by atoms with Crippen LogP contribution >= 0.6 is 0 Å². The molecule has 0 atom stereocenters. The molecule has 1 amide bonds. The van der Waals surface area contributed by atoms with Gasteiger partial charge in [-0.25, -0.2) is 13.1 Å². The molecule has 226 valence electrons. The van der Waals surface area contributed by atoms with E-state index in [-0.39, 0.29) is 11.3 Å². The van der Waals surface area contributed by atoms with E-state index in [1.54, 1.807) is 43.3 Å². The van der Waals surface area contributed by atoms with Gasteiger partial charge >= 0.3 is 6.18 Å². The molecule has 4 rings (SSSR count). The van der Waals surface area contributed by atoms with Gasteiger partial charge in [-0.3, -0.25) is 14.7 Å². The molecular weight excluding hydrogens is 577 g/mol. The van der Waals surface area contributed by atoms with Gasteiger partial charge in [0.25, 0.3) is 5.91 Å². The van der Waals surface area contributed by atoms with Crippen molar-refractivity contribution in [2.45, 2.75) is 19.1 Å². The molecule has 10 nitrogen and oxygen atoms in total. The van der Waals surface area contributed by atoms with Gasteiger partial charge < -0.3 is 19.5 Å². The van der Waals surface area contributed by atoms with Crippen molar-refractivity contribution in [1.82, 2.24) is 14.6 Å². The molecule has 0 bridgehead atoms. The number of carbonyl (C=O) groups excluding carboxylic acids is 1. The van der Waals surface area contributed by atoms with Gasteiger partial charge in [0.15, 0.2) is 0 Å². The monoisotopic (exact) mass is 608 g/mol. The number of aromatic hydroxyl groups is 1. The number of nitrogens with one attached hydrogen (secondary N) is 1. The second-order valence-corrected chi connectivity index (χ2v) is 11.6. The fourth-order valence-electron chi connectivity index (χ4n) is 4.60. The molecule has 14 heteroatoms. The summed E-state index contributed by atoms with van der Waals surface area (Å²) in [5.41, 5.74) is 3.24. The van der Waals surface area contributed by atoms with E-state index in [1.165, 1.54) is 18.3 Å². The summed E-state index contributed by atoms with van der Waals surface area (Å²) in [5, 5.41) is 9.81. The minimum absolute atomic E-state index is 0.0251. The van der Waals surface area contributed by atoms with Gasteiger partial charge in [-0.05, 0) is 48.0 Å². The summed E-state index contributed by atoms with van der Waals surface area (Å²) < 4.78 is 73.8. The van der Waals surface area contributed by atoms with E-state index in [1.807, 2.05) is 12.1 Å². The Labute approximate surface area is 241 Å². The fourth-order valence-corrected chi connectivity index (χ4v) is 5.61. The first-order valence-corrected chi connectivity index (χ1v) is 14.6. The zero-order valence-electron chi connectivity index (χ0n) is 23.0. The lowest BCUT2D eigenvalue weighted by atomic mass is 10.0. The first kappa shape index (κ1) is 30.9. The van der Waals surface area contributed by atoms with Gasteiger partial charge in [-0.1, -0.05) is 0 Å². The van der Waals surface area contributed by atoms with Gasteiger partial charge in [0.2, 0.25) is 10.0 Å². The largest absolute Gasteiger partial charge is 0.506 e. The molecule has 1 fully saturated rings. The molecule has 1 aromatic heterocycles. The number of rotatable bonds is 10. The predicted molar refractivity (Wildman–Crippen MR) is 150 cm³/mol. The fraction of sp³-hybridized carbons (Fsp3) is 0.357. The van der Waals surface area contributed by atoms with Crippen molar-refractivity contribution in [3.05, 3.63) is 66.0 Å². The molecule has 0 unspecified atom stereocenters. The van der Waals surface area contributed by atoms with Crippen LogP contribution in [0.4, 0.5) is 18.9 Å². The summed E-state index contributed by atoms with van der Waals surface area (Å²) in [5.74, 6) is -0.864. The zero-order chi connectivity index (χ0) is 30.5. The second kappa shape index (κ2) is 12.9. The Bertz CT molecular complexity index is 1480. The highest BCUT2D eigenvalue weighted by molar-refractivity contribution is 7.90. The molecule has 2 aromatic carbocycles. The van der Waals surface area contributed by atoms with Crippen LogP contribution in [0.5, 0.6) is 17.2 Å². The zero-order valence-corrected chi connectivity index (χ0v) is 23.8. The van der Waals surface area contributed by atoms with Crippen LogP contribution in [0, 0.1) is 0 Å². The number of anilines is 1. The van der Waals surface area contributed by atoms with Crippen molar-refractivity contribution in [2.24, 2.45) is 0 Å². The third kappa shape index (κ3) is 8.03. The highest BCUT2D eigenvalue weighted by Gasteiger charge is 2.30. The Kier molecular flexibility index (Phi) is 9.46. The lowest BCUT2D eigenvalue weighted by Gasteiger charge is -2.36. The van der Waals surface area contributed by atoms with Gasteiger partial charge in [0.1, 0.15) is 17.2 Å². The average Bonchev–Trinajstić information content (AvgIpc) is 2.96. The number of aromatic nitrogens is 1. The topological polar surface area (TPSA) is 121 Å². The molecule has 1 aliphatic heterocycles. The Morgan fingerprint density at radius 3 is 2.14 bits per heavy atom. The summed E-state index contributed by atoms with van der Waals surface area (Å²) in [4.78, 5) is 20.7. The number of halogens is 3. The van der Waals surface area contributed by atoms with E-state index >= 15 is 0 Å². The Morgan fingerprint density at radius 1 is 0.976 bits per heavy atom. The third-order valence-corrected chi connectivity index (χ3v) is 8.05. The molecule has 1 saturated heterocycles. The van der Waals surface area contributed by atoms with Crippen LogP contribution in [0.3, 0.4) is 0 Å². The van der Waals surface area contributed by atoms with Crippen molar-refractivity contribution in [2.75, 3.05) is 51.1 Å². The molecule has 0 saturated carbocycles. The van der Waals surface area contributed by atoms with Crippen LogP contribution in [-0.4, -0.2) is 81.6 Å². The lowest BCUT2D eigenvalue weighted by Crippen LogP contribution is -2.46. The van der Waals surface area contributed by atoms with Crippen molar-refractivity contribution in [3.63, 3.8) is 0 Å². The predicted octanol–water partition coefficient (Wildman–Crippen LogP) is 3.81. The van der Waals surface area contributed by atoms with Gasteiger partial charge in [0.05, 0.1) is 38.2 Å². The maximum atomic E-state index is 12.3. The number of ether oxygens (including phenoxy) is 2. The number of sulfonamides is 1. The number of hydrogen-bond acceptors (Lipinski definition) is 9. The molecule has 1 aliphatic rings. The first-order valence-electron chi connectivity index (χ1n) is 13.0. The van der Waals surface area contributed by atoms with Crippen LogP contribution in [0.15, 0.2) is 54.9 Å². The number of piperazine rings is 1. The lowest BCUT2D eigenvalue weighted by molar-refractivity contribution is -0.130. The smallest absolute Gasteiger partial charge is 0.390 e. The molecule has 2 heterocycles. The minimum Gasteiger partial charge on any atom is -0.506 e. The standard InChI is InChI=1S/C28H31F3N4O6S/c1-40-25-14-20(21-13-23(36)17-32-16-21)15-26(41-2)24(25)18-34-8-10-35(11-9-34)22-5-3-19(4-6-22)27(37)33-42(38,39)12-7-28(29,30)31/h3-6,13-17,36H,7-12,18H2,1-2H3,(H,33,37). The number of alkyl halides is 3. The summed E-state index contributed by atoms with van der Waals surface area (Å²) in [6, 6.07) is 11.6. The van der Waals surface area contributed by atoms with Crippen LogP contribution < -0.4 is 19.1 Å². The number of benzene rings is 2. The van der Waals surface area contributed by atoms with Gasteiger partial charge in [-0.2, -0.15) is 13.2 Å². The van der Waals surface area contributed by atoms with Gasteiger partial charge in [-0.15, -0.1) is 0 Å². The van der Waals surface area contributed by atoms with E-state index in [2.05, 4.69) is 14.8 Å². The van der Waals surface area contributed by atoms with Crippen LogP contribution in [0.2, 0.25) is 0 Å². The first-order chi connectivity index (χ1) is 19.9. The highest BCUT2D eigenvalue weighted by Crippen LogP contribution is 2.36. The van der Waals surface area contributed by atoms with E-state index in [0.29, 0.717) is 44.2 Å². The van der Waals surface area contributed by atoms with Crippen molar-refractivity contribution < 1.29 is 41.0 Å². The molecule has 0 radical (unpaired) electrons. The molecule has 42 heavy (non-hydrogen) atoms. The van der Waals surface area contributed by atoms with E-state index < -0.39 is 34.3 Å². The second-order valence-electron chi connectivity index (χ2n) is 9.72. The molecular formula is C28H31F3N4O6S. The number of methoxy groups -OCH3 is 2.